The molecule has 0 spiro atoms. The number of hydrogen-bond donors (Lipinski definition) is 2. The molecule has 3 rings (SSSR count). The zero-order chi connectivity index (χ0) is 18.5. The molecular weight excluding hydrogens is 333 g/mol. The van der Waals surface area contributed by atoms with Crippen LogP contribution in [0.3, 0.4) is 0 Å². The zero-order valence-corrected chi connectivity index (χ0v) is 15.1. The van der Waals surface area contributed by atoms with Gasteiger partial charge in [0.05, 0.1) is 13.2 Å². The molecule has 0 radical (unpaired) electrons. The van der Waals surface area contributed by atoms with Gasteiger partial charge in [-0.25, -0.2) is 4.39 Å². The molecule has 0 aromatic heterocycles. The van der Waals surface area contributed by atoms with Crippen molar-refractivity contribution in [2.45, 2.75) is 25.4 Å². The van der Waals surface area contributed by atoms with Crippen LogP contribution in [-0.2, 0) is 6.42 Å². The molecule has 1 heterocycles. The number of para-hydroxylation sites is 1. The summed E-state index contributed by atoms with van der Waals surface area (Å²) in [6.07, 6.45) is 1.96. The van der Waals surface area contributed by atoms with Crippen LogP contribution in [0.1, 0.15) is 30.1 Å². The SMILES string of the molecule is COc1cccc(C(O)C2CCN(CCc3ccc(F)cc3)CC2)c1O. The zero-order valence-electron chi connectivity index (χ0n) is 15.1. The molecule has 4 nitrogen and oxygen atoms in total. The minimum Gasteiger partial charge on any atom is -0.504 e. The van der Waals surface area contributed by atoms with Gasteiger partial charge < -0.3 is 19.8 Å². The lowest BCUT2D eigenvalue weighted by Crippen LogP contribution is -2.36. The smallest absolute Gasteiger partial charge is 0.163 e. The average Bonchev–Trinajstić information content (AvgIpc) is 2.68. The number of rotatable bonds is 6. The highest BCUT2D eigenvalue weighted by Crippen LogP contribution is 2.39. The summed E-state index contributed by atoms with van der Waals surface area (Å²) in [7, 11) is 1.50. The lowest BCUT2D eigenvalue weighted by Gasteiger charge is -2.34. The van der Waals surface area contributed by atoms with Gasteiger partial charge in [-0.2, -0.15) is 0 Å². The molecule has 1 unspecified atom stereocenters. The summed E-state index contributed by atoms with van der Waals surface area (Å²) in [6, 6.07) is 11.9. The number of ether oxygens (including phenoxy) is 1. The molecule has 0 bridgehead atoms. The molecule has 2 aromatic rings. The normalized spacial score (nSPS) is 17.2. The molecule has 5 heteroatoms. The van der Waals surface area contributed by atoms with Crippen molar-refractivity contribution in [2.24, 2.45) is 5.92 Å². The predicted octanol–water partition coefficient (Wildman–Crippen LogP) is 3.53. The van der Waals surface area contributed by atoms with E-state index in [1.165, 1.54) is 19.2 Å². The summed E-state index contributed by atoms with van der Waals surface area (Å²) >= 11 is 0. The molecule has 26 heavy (non-hydrogen) atoms. The maximum absolute atomic E-state index is 13.0. The Hall–Kier alpha value is -2.11. The van der Waals surface area contributed by atoms with Gasteiger partial charge in [0.15, 0.2) is 11.5 Å². The quantitative estimate of drug-likeness (QED) is 0.829. The summed E-state index contributed by atoms with van der Waals surface area (Å²) < 4.78 is 18.1. The van der Waals surface area contributed by atoms with Gasteiger partial charge in [0.25, 0.3) is 0 Å². The second-order valence-corrected chi connectivity index (χ2v) is 6.90. The molecule has 1 aliphatic heterocycles. The Balaban J connectivity index is 1.52. The third-order valence-electron chi connectivity index (χ3n) is 5.28. The second kappa shape index (κ2) is 8.52. The van der Waals surface area contributed by atoms with Crippen molar-refractivity contribution in [2.75, 3.05) is 26.7 Å². The number of nitrogens with zero attached hydrogens (tertiary/aromatic N) is 1. The third-order valence-corrected chi connectivity index (χ3v) is 5.28. The summed E-state index contributed by atoms with van der Waals surface area (Å²) in [4.78, 5) is 2.37. The topological polar surface area (TPSA) is 52.9 Å². The Morgan fingerprint density at radius 2 is 1.85 bits per heavy atom. The molecular formula is C21H26FNO3. The Bertz CT molecular complexity index is 712. The first kappa shape index (κ1) is 18.7. The fourth-order valence-electron chi connectivity index (χ4n) is 3.63. The van der Waals surface area contributed by atoms with Gasteiger partial charge in [-0.1, -0.05) is 24.3 Å². The first-order valence-corrected chi connectivity index (χ1v) is 9.09. The molecule has 0 amide bonds. The van der Waals surface area contributed by atoms with Crippen LogP contribution < -0.4 is 4.74 Å². The van der Waals surface area contributed by atoms with E-state index < -0.39 is 6.10 Å². The van der Waals surface area contributed by atoms with E-state index in [-0.39, 0.29) is 17.5 Å². The van der Waals surface area contributed by atoms with Crippen molar-refractivity contribution >= 4 is 0 Å². The van der Waals surface area contributed by atoms with Crippen LogP contribution in [0.4, 0.5) is 4.39 Å². The Labute approximate surface area is 153 Å². The van der Waals surface area contributed by atoms with Crippen molar-refractivity contribution < 1.29 is 19.3 Å². The lowest BCUT2D eigenvalue weighted by molar-refractivity contribution is 0.0573. The van der Waals surface area contributed by atoms with E-state index in [9.17, 15) is 14.6 Å². The molecule has 2 aromatic carbocycles. The van der Waals surface area contributed by atoms with E-state index in [2.05, 4.69) is 4.90 Å². The molecule has 140 valence electrons. The van der Waals surface area contributed by atoms with Crippen molar-refractivity contribution in [3.05, 3.63) is 59.4 Å². The number of aliphatic hydroxyl groups excluding tert-OH is 1. The summed E-state index contributed by atoms with van der Waals surface area (Å²) in [5.74, 6) is 0.332. The molecule has 1 atom stereocenters. The van der Waals surface area contributed by atoms with E-state index in [4.69, 9.17) is 4.74 Å². The van der Waals surface area contributed by atoms with Gasteiger partial charge in [-0.15, -0.1) is 0 Å². The van der Waals surface area contributed by atoms with E-state index in [1.807, 2.05) is 12.1 Å². The summed E-state index contributed by atoms with van der Waals surface area (Å²) in [5, 5.41) is 20.9. The molecule has 2 N–H and O–H groups in total. The highest BCUT2D eigenvalue weighted by molar-refractivity contribution is 5.46. The average molecular weight is 359 g/mol. The van der Waals surface area contributed by atoms with Crippen molar-refractivity contribution in [3.8, 4) is 11.5 Å². The number of phenolic OH excluding ortho intramolecular Hbond substituents is 1. The maximum atomic E-state index is 13.0. The van der Waals surface area contributed by atoms with E-state index in [1.54, 1.807) is 18.2 Å². The molecule has 0 saturated carbocycles. The van der Waals surface area contributed by atoms with Crippen molar-refractivity contribution in [1.82, 2.24) is 4.90 Å². The number of methoxy groups -OCH3 is 1. The Morgan fingerprint density at radius 3 is 2.50 bits per heavy atom. The van der Waals surface area contributed by atoms with E-state index >= 15 is 0 Å². The Kier molecular flexibility index (Phi) is 6.12. The number of aromatic hydroxyl groups is 1. The summed E-state index contributed by atoms with van der Waals surface area (Å²) in [6.45, 7) is 2.75. The van der Waals surface area contributed by atoms with E-state index in [0.29, 0.717) is 11.3 Å². The number of piperidine rings is 1. The number of aliphatic hydroxyl groups is 1. The van der Waals surface area contributed by atoms with Crippen LogP contribution in [0.25, 0.3) is 0 Å². The number of hydrogen-bond acceptors (Lipinski definition) is 4. The van der Waals surface area contributed by atoms with Gasteiger partial charge in [0.2, 0.25) is 0 Å². The third kappa shape index (κ3) is 4.34. The number of benzene rings is 2. The molecule has 1 saturated heterocycles. The van der Waals surface area contributed by atoms with Crippen molar-refractivity contribution in [3.63, 3.8) is 0 Å². The maximum Gasteiger partial charge on any atom is 0.163 e. The number of likely N-dealkylation sites (tertiary alicyclic amines) is 1. The van der Waals surface area contributed by atoms with Gasteiger partial charge in [-0.05, 0) is 62.0 Å². The monoisotopic (exact) mass is 359 g/mol. The number of halogens is 1. The lowest BCUT2D eigenvalue weighted by atomic mass is 9.87. The second-order valence-electron chi connectivity index (χ2n) is 6.90. The molecule has 0 aliphatic carbocycles. The fraction of sp³-hybridized carbons (Fsp3) is 0.429. The predicted molar refractivity (Wildman–Crippen MR) is 98.9 cm³/mol. The summed E-state index contributed by atoms with van der Waals surface area (Å²) in [5.41, 5.74) is 1.67. The van der Waals surface area contributed by atoms with Gasteiger partial charge >= 0.3 is 0 Å². The first-order chi connectivity index (χ1) is 12.6. The first-order valence-electron chi connectivity index (χ1n) is 9.09. The molecule has 1 aliphatic rings. The standard InChI is InChI=1S/C21H26FNO3/c1-26-19-4-2-3-18(21(19)25)20(24)16-10-13-23(14-11-16)12-9-15-5-7-17(22)8-6-15/h2-8,16,20,24-25H,9-14H2,1H3. The van der Waals surface area contributed by atoms with Gasteiger partial charge in [-0.3, -0.25) is 0 Å². The van der Waals surface area contributed by atoms with Crippen LogP contribution in [0.15, 0.2) is 42.5 Å². The van der Waals surface area contributed by atoms with Crippen LogP contribution in [0.2, 0.25) is 0 Å². The van der Waals surface area contributed by atoms with Gasteiger partial charge in [0.1, 0.15) is 5.82 Å². The molecule has 1 fully saturated rings. The van der Waals surface area contributed by atoms with Crippen LogP contribution in [0, 0.1) is 11.7 Å². The van der Waals surface area contributed by atoms with Crippen LogP contribution in [-0.4, -0.2) is 41.9 Å². The Morgan fingerprint density at radius 1 is 1.15 bits per heavy atom. The minimum absolute atomic E-state index is 0.0289. The highest BCUT2D eigenvalue weighted by atomic mass is 19.1. The fourth-order valence-corrected chi connectivity index (χ4v) is 3.63. The number of phenols is 1. The van der Waals surface area contributed by atoms with E-state index in [0.717, 1.165) is 44.5 Å². The largest absolute Gasteiger partial charge is 0.504 e. The van der Waals surface area contributed by atoms with Crippen LogP contribution >= 0.6 is 0 Å². The minimum atomic E-state index is -0.690. The van der Waals surface area contributed by atoms with Crippen molar-refractivity contribution in [1.29, 1.82) is 0 Å². The van der Waals surface area contributed by atoms with Gasteiger partial charge in [0, 0.05) is 12.1 Å². The highest BCUT2D eigenvalue weighted by Gasteiger charge is 2.28. The van der Waals surface area contributed by atoms with Crippen LogP contribution in [0.5, 0.6) is 11.5 Å².